The van der Waals surface area contributed by atoms with Crippen LogP contribution in [-0.4, -0.2) is 5.11 Å². The SMILES string of the molecule is Cc1cc(C)c(O)c(N=[N+]=[N-])c1. The highest BCUT2D eigenvalue weighted by molar-refractivity contribution is 5.56. The third-order valence-corrected chi connectivity index (χ3v) is 1.58. The first-order chi connectivity index (χ1) is 5.65. The number of rotatable bonds is 1. The van der Waals surface area contributed by atoms with Gasteiger partial charge in [-0.25, -0.2) is 0 Å². The van der Waals surface area contributed by atoms with E-state index in [2.05, 4.69) is 10.0 Å². The topological polar surface area (TPSA) is 69.0 Å². The smallest absolute Gasteiger partial charge is 0.128 e. The lowest BCUT2D eigenvalue weighted by Crippen LogP contribution is -1.78. The second-order valence-corrected chi connectivity index (χ2v) is 2.64. The van der Waals surface area contributed by atoms with Crippen LogP contribution in [0.4, 0.5) is 5.69 Å². The van der Waals surface area contributed by atoms with E-state index in [4.69, 9.17) is 5.53 Å². The molecule has 12 heavy (non-hydrogen) atoms. The summed E-state index contributed by atoms with van der Waals surface area (Å²) in [5.41, 5.74) is 10.1. The molecule has 0 aromatic heterocycles. The zero-order chi connectivity index (χ0) is 9.14. The van der Waals surface area contributed by atoms with E-state index in [9.17, 15) is 5.11 Å². The minimum atomic E-state index is 0.0541. The van der Waals surface area contributed by atoms with Crippen LogP contribution in [0.5, 0.6) is 5.75 Å². The molecule has 0 aliphatic rings. The van der Waals surface area contributed by atoms with Crippen LogP contribution in [0.2, 0.25) is 0 Å². The summed E-state index contributed by atoms with van der Waals surface area (Å²) >= 11 is 0. The molecule has 0 saturated heterocycles. The molecule has 1 aromatic carbocycles. The molecule has 0 spiro atoms. The summed E-state index contributed by atoms with van der Waals surface area (Å²) in [6.07, 6.45) is 0. The monoisotopic (exact) mass is 163 g/mol. The van der Waals surface area contributed by atoms with Crippen molar-refractivity contribution in [1.82, 2.24) is 0 Å². The highest BCUT2D eigenvalue weighted by atomic mass is 16.3. The van der Waals surface area contributed by atoms with Crippen molar-refractivity contribution in [2.75, 3.05) is 0 Å². The average Bonchev–Trinajstić information content (AvgIpc) is 2.00. The maximum Gasteiger partial charge on any atom is 0.128 e. The van der Waals surface area contributed by atoms with Gasteiger partial charge in [0, 0.05) is 4.91 Å². The molecule has 0 aliphatic heterocycles. The molecule has 0 fully saturated rings. The molecule has 0 unspecified atom stereocenters. The third kappa shape index (κ3) is 1.49. The predicted molar refractivity (Wildman–Crippen MR) is 46.4 cm³/mol. The highest BCUT2D eigenvalue weighted by Crippen LogP contribution is 2.30. The molecule has 0 saturated carbocycles. The number of aryl methyl sites for hydroxylation is 2. The van der Waals surface area contributed by atoms with Gasteiger partial charge in [-0.15, -0.1) is 0 Å². The number of benzene rings is 1. The van der Waals surface area contributed by atoms with E-state index in [1.807, 2.05) is 13.0 Å². The molecule has 0 amide bonds. The molecule has 1 aromatic rings. The second-order valence-electron chi connectivity index (χ2n) is 2.64. The van der Waals surface area contributed by atoms with Gasteiger partial charge in [-0.05, 0) is 31.0 Å². The molecular weight excluding hydrogens is 154 g/mol. The molecule has 0 bridgehead atoms. The van der Waals surface area contributed by atoms with Gasteiger partial charge in [-0.1, -0.05) is 16.7 Å². The normalized spacial score (nSPS) is 9.17. The lowest BCUT2D eigenvalue weighted by molar-refractivity contribution is 0.472. The Balaban J connectivity index is 3.36. The minimum Gasteiger partial charge on any atom is -0.507 e. The van der Waals surface area contributed by atoms with E-state index in [1.165, 1.54) is 0 Å². The van der Waals surface area contributed by atoms with Gasteiger partial charge in [-0.2, -0.15) is 0 Å². The highest BCUT2D eigenvalue weighted by Gasteiger charge is 2.02. The minimum absolute atomic E-state index is 0.0541. The van der Waals surface area contributed by atoms with Crippen LogP contribution in [0.15, 0.2) is 17.2 Å². The quantitative estimate of drug-likeness (QED) is 0.386. The zero-order valence-electron chi connectivity index (χ0n) is 6.94. The number of phenolic OH excluding ortho intramolecular Hbond substituents is 1. The first-order valence-electron chi connectivity index (χ1n) is 3.50. The Kier molecular flexibility index (Phi) is 2.21. The van der Waals surface area contributed by atoms with Gasteiger partial charge < -0.3 is 5.11 Å². The largest absolute Gasteiger partial charge is 0.507 e. The molecule has 4 nitrogen and oxygen atoms in total. The summed E-state index contributed by atoms with van der Waals surface area (Å²) in [7, 11) is 0. The van der Waals surface area contributed by atoms with Crippen molar-refractivity contribution in [3.8, 4) is 5.75 Å². The summed E-state index contributed by atoms with van der Waals surface area (Å²) in [6.45, 7) is 3.64. The van der Waals surface area contributed by atoms with Crippen molar-refractivity contribution in [2.45, 2.75) is 13.8 Å². The van der Waals surface area contributed by atoms with E-state index in [0.29, 0.717) is 0 Å². The molecule has 1 N–H and O–H groups in total. The van der Waals surface area contributed by atoms with E-state index >= 15 is 0 Å². The Morgan fingerprint density at radius 2 is 2.08 bits per heavy atom. The van der Waals surface area contributed by atoms with E-state index in [1.54, 1.807) is 13.0 Å². The van der Waals surface area contributed by atoms with Crippen LogP contribution in [0.25, 0.3) is 10.4 Å². The fourth-order valence-electron chi connectivity index (χ4n) is 1.06. The van der Waals surface area contributed by atoms with Crippen molar-refractivity contribution in [3.63, 3.8) is 0 Å². The summed E-state index contributed by atoms with van der Waals surface area (Å²) in [5.74, 6) is 0.0541. The predicted octanol–water partition coefficient (Wildman–Crippen LogP) is 2.95. The standard InChI is InChI=1S/C8H9N3O/c1-5-3-6(2)8(12)7(4-5)10-11-9/h3-4,12H,1-2H3. The Morgan fingerprint density at radius 1 is 1.42 bits per heavy atom. The lowest BCUT2D eigenvalue weighted by Gasteiger charge is -2.02. The van der Waals surface area contributed by atoms with Gasteiger partial charge in [0.05, 0.1) is 5.69 Å². The first kappa shape index (κ1) is 8.43. The van der Waals surface area contributed by atoms with Crippen molar-refractivity contribution in [2.24, 2.45) is 5.11 Å². The number of hydrogen-bond donors (Lipinski definition) is 1. The van der Waals surface area contributed by atoms with Crippen molar-refractivity contribution in [3.05, 3.63) is 33.7 Å². The molecule has 0 heterocycles. The molecule has 0 atom stereocenters. The van der Waals surface area contributed by atoms with E-state index in [0.717, 1.165) is 11.1 Å². The number of nitrogens with zero attached hydrogens (tertiary/aromatic N) is 3. The molecule has 1 rings (SSSR count). The fourth-order valence-corrected chi connectivity index (χ4v) is 1.06. The molecule has 62 valence electrons. The Hall–Kier alpha value is -1.67. The summed E-state index contributed by atoms with van der Waals surface area (Å²) < 4.78 is 0. The van der Waals surface area contributed by atoms with Gasteiger partial charge >= 0.3 is 0 Å². The van der Waals surface area contributed by atoms with Gasteiger partial charge in [0.15, 0.2) is 0 Å². The van der Waals surface area contributed by atoms with Crippen LogP contribution in [-0.2, 0) is 0 Å². The maximum absolute atomic E-state index is 9.39. The second kappa shape index (κ2) is 3.15. The first-order valence-corrected chi connectivity index (χ1v) is 3.50. The zero-order valence-corrected chi connectivity index (χ0v) is 6.94. The summed E-state index contributed by atoms with van der Waals surface area (Å²) in [4.78, 5) is 2.61. The van der Waals surface area contributed by atoms with E-state index in [-0.39, 0.29) is 11.4 Å². The van der Waals surface area contributed by atoms with Crippen LogP contribution >= 0.6 is 0 Å². The number of azide groups is 1. The van der Waals surface area contributed by atoms with Crippen LogP contribution in [0.1, 0.15) is 11.1 Å². The number of aromatic hydroxyl groups is 1. The molecule has 4 heteroatoms. The maximum atomic E-state index is 9.39. The van der Waals surface area contributed by atoms with Crippen LogP contribution in [0, 0.1) is 13.8 Å². The third-order valence-electron chi connectivity index (χ3n) is 1.58. The van der Waals surface area contributed by atoms with Gasteiger partial charge in [0.1, 0.15) is 5.75 Å². The van der Waals surface area contributed by atoms with Crippen LogP contribution < -0.4 is 0 Å². The summed E-state index contributed by atoms with van der Waals surface area (Å²) in [5, 5.41) is 12.7. The average molecular weight is 163 g/mol. The molecule has 0 radical (unpaired) electrons. The number of hydrogen-bond acceptors (Lipinski definition) is 2. The van der Waals surface area contributed by atoms with E-state index < -0.39 is 0 Å². The van der Waals surface area contributed by atoms with Crippen molar-refractivity contribution < 1.29 is 5.11 Å². The van der Waals surface area contributed by atoms with Gasteiger partial charge in [0.2, 0.25) is 0 Å². The Labute approximate surface area is 70.1 Å². The number of phenols is 1. The van der Waals surface area contributed by atoms with Crippen molar-refractivity contribution >= 4 is 5.69 Å². The Bertz CT molecular complexity index is 354. The van der Waals surface area contributed by atoms with Gasteiger partial charge in [0.25, 0.3) is 0 Å². The lowest BCUT2D eigenvalue weighted by atomic mass is 10.1. The van der Waals surface area contributed by atoms with Crippen molar-refractivity contribution in [1.29, 1.82) is 0 Å². The van der Waals surface area contributed by atoms with Gasteiger partial charge in [-0.3, -0.25) is 0 Å². The fraction of sp³-hybridized carbons (Fsp3) is 0.250. The van der Waals surface area contributed by atoms with Crippen LogP contribution in [0.3, 0.4) is 0 Å². The summed E-state index contributed by atoms with van der Waals surface area (Å²) in [6, 6.07) is 3.47. The molecular formula is C8H9N3O. The Morgan fingerprint density at radius 3 is 2.67 bits per heavy atom. The molecule has 0 aliphatic carbocycles.